The molecule has 5 nitrogen and oxygen atoms in total. The molecule has 0 saturated carbocycles. The van der Waals surface area contributed by atoms with Crippen LogP contribution in [0.1, 0.15) is 11.1 Å². The molecule has 6 heteroatoms. The molecule has 0 amide bonds. The number of hydrogen-bond donors (Lipinski definition) is 0. The Hall–Kier alpha value is -2.40. The topological polar surface area (TPSA) is 60.7 Å². The fourth-order valence-electron chi connectivity index (χ4n) is 2.43. The third kappa shape index (κ3) is 3.12. The number of nitrogens with zero attached hydrogens (tertiary/aromatic N) is 1. The summed E-state index contributed by atoms with van der Waals surface area (Å²) in [4.78, 5) is 0. The Morgan fingerprint density at radius 1 is 1.17 bits per heavy atom. The van der Waals surface area contributed by atoms with Gasteiger partial charge in [-0.1, -0.05) is 0 Å². The van der Waals surface area contributed by atoms with E-state index in [1.165, 1.54) is 0 Å². The van der Waals surface area contributed by atoms with Gasteiger partial charge in [-0.05, 0) is 70.1 Å². The Kier molecular flexibility index (Phi) is 4.81. The molecule has 0 bridgehead atoms. The fraction of sp³-hybridized carbons (Fsp3) is 0.167. The van der Waals surface area contributed by atoms with E-state index in [9.17, 15) is 5.26 Å². The van der Waals surface area contributed by atoms with Crippen LogP contribution in [0.2, 0.25) is 0 Å². The first kappa shape index (κ1) is 16.5. The lowest BCUT2D eigenvalue weighted by atomic mass is 10.0. The predicted octanol–water partition coefficient (Wildman–Crippen LogP) is 4.10. The molecule has 2 aromatic carbocycles. The van der Waals surface area contributed by atoms with Crippen LogP contribution in [0, 0.1) is 14.9 Å². The van der Waals surface area contributed by atoms with Crippen LogP contribution in [0.3, 0.4) is 0 Å². The van der Waals surface area contributed by atoms with Crippen molar-refractivity contribution in [3.63, 3.8) is 0 Å². The minimum absolute atomic E-state index is 0.207. The molecule has 0 unspecified atom stereocenters. The molecule has 24 heavy (non-hydrogen) atoms. The Morgan fingerprint density at radius 2 is 1.96 bits per heavy atom. The zero-order chi connectivity index (χ0) is 17.1. The quantitative estimate of drug-likeness (QED) is 0.411. The lowest BCUT2D eigenvalue weighted by Gasteiger charge is -2.11. The van der Waals surface area contributed by atoms with Gasteiger partial charge < -0.3 is 18.9 Å². The molecule has 0 aliphatic carbocycles. The highest BCUT2D eigenvalue weighted by Gasteiger charge is 2.15. The van der Waals surface area contributed by atoms with Crippen molar-refractivity contribution in [2.24, 2.45) is 0 Å². The van der Waals surface area contributed by atoms with Gasteiger partial charge in [0.1, 0.15) is 0 Å². The van der Waals surface area contributed by atoms with Gasteiger partial charge in [-0.2, -0.15) is 5.26 Å². The van der Waals surface area contributed by atoms with E-state index in [4.69, 9.17) is 18.9 Å². The van der Waals surface area contributed by atoms with Crippen molar-refractivity contribution in [1.29, 1.82) is 5.26 Å². The van der Waals surface area contributed by atoms with Crippen LogP contribution in [0.25, 0.3) is 11.6 Å². The number of methoxy groups -OCH3 is 2. The van der Waals surface area contributed by atoms with Crippen molar-refractivity contribution in [2.45, 2.75) is 0 Å². The van der Waals surface area contributed by atoms with Gasteiger partial charge in [0.2, 0.25) is 6.79 Å². The summed E-state index contributed by atoms with van der Waals surface area (Å²) in [6, 6.07) is 11.5. The monoisotopic (exact) mass is 435 g/mol. The third-order valence-corrected chi connectivity index (χ3v) is 4.37. The molecule has 1 aliphatic rings. The Balaban J connectivity index is 2.02. The summed E-state index contributed by atoms with van der Waals surface area (Å²) in [5.41, 5.74) is 2.15. The van der Waals surface area contributed by atoms with E-state index in [1.807, 2.05) is 30.3 Å². The van der Waals surface area contributed by atoms with Gasteiger partial charge in [0.15, 0.2) is 23.0 Å². The van der Waals surface area contributed by atoms with Crippen molar-refractivity contribution >= 4 is 34.2 Å². The van der Waals surface area contributed by atoms with Gasteiger partial charge in [-0.3, -0.25) is 0 Å². The van der Waals surface area contributed by atoms with E-state index in [0.717, 1.165) is 14.7 Å². The molecule has 1 heterocycles. The van der Waals surface area contributed by atoms with Gasteiger partial charge in [-0.25, -0.2) is 0 Å². The second-order valence-electron chi connectivity index (χ2n) is 4.98. The molecule has 3 rings (SSSR count). The molecule has 0 aromatic heterocycles. The van der Waals surface area contributed by atoms with Gasteiger partial charge in [0.25, 0.3) is 0 Å². The SMILES string of the molecule is COc1cc(/C=C(/C#N)c2ccc3c(c2)OCO3)cc(I)c1OC. The molecule has 0 spiro atoms. The maximum atomic E-state index is 9.54. The molecule has 1 aliphatic heterocycles. The molecular weight excluding hydrogens is 421 g/mol. The Bertz CT molecular complexity index is 855. The number of halogens is 1. The van der Waals surface area contributed by atoms with Crippen molar-refractivity contribution < 1.29 is 18.9 Å². The highest BCUT2D eigenvalue weighted by molar-refractivity contribution is 14.1. The first-order chi connectivity index (χ1) is 11.7. The van der Waals surface area contributed by atoms with E-state index >= 15 is 0 Å². The van der Waals surface area contributed by atoms with Crippen LogP contribution in [0.15, 0.2) is 30.3 Å². The minimum Gasteiger partial charge on any atom is -0.493 e. The van der Waals surface area contributed by atoms with Crippen LogP contribution in [0.5, 0.6) is 23.0 Å². The minimum atomic E-state index is 0.207. The molecule has 0 radical (unpaired) electrons. The largest absolute Gasteiger partial charge is 0.493 e. The van der Waals surface area contributed by atoms with Gasteiger partial charge >= 0.3 is 0 Å². The summed E-state index contributed by atoms with van der Waals surface area (Å²) < 4.78 is 22.3. The fourth-order valence-corrected chi connectivity index (χ4v) is 3.28. The van der Waals surface area contributed by atoms with E-state index in [2.05, 4.69) is 28.7 Å². The number of allylic oxidation sites excluding steroid dienone is 1. The maximum absolute atomic E-state index is 9.54. The average molecular weight is 435 g/mol. The summed E-state index contributed by atoms with van der Waals surface area (Å²) in [5.74, 6) is 2.64. The van der Waals surface area contributed by atoms with Gasteiger partial charge in [0, 0.05) is 0 Å². The second kappa shape index (κ2) is 7.01. The third-order valence-electron chi connectivity index (χ3n) is 3.57. The van der Waals surface area contributed by atoms with E-state index < -0.39 is 0 Å². The maximum Gasteiger partial charge on any atom is 0.231 e. The van der Waals surface area contributed by atoms with Crippen molar-refractivity contribution in [3.8, 4) is 29.1 Å². The van der Waals surface area contributed by atoms with Gasteiger partial charge in [0.05, 0.1) is 29.4 Å². The van der Waals surface area contributed by atoms with Crippen molar-refractivity contribution in [1.82, 2.24) is 0 Å². The first-order valence-electron chi connectivity index (χ1n) is 7.09. The van der Waals surface area contributed by atoms with Crippen LogP contribution in [-0.4, -0.2) is 21.0 Å². The normalized spacial score (nSPS) is 12.7. The highest BCUT2D eigenvalue weighted by atomic mass is 127. The zero-order valence-electron chi connectivity index (χ0n) is 13.1. The molecule has 0 fully saturated rings. The van der Waals surface area contributed by atoms with E-state index in [1.54, 1.807) is 20.3 Å². The summed E-state index contributed by atoms with van der Waals surface area (Å²) >= 11 is 2.18. The Morgan fingerprint density at radius 3 is 2.67 bits per heavy atom. The lowest BCUT2D eigenvalue weighted by Crippen LogP contribution is -1.94. The van der Waals surface area contributed by atoms with E-state index in [-0.39, 0.29) is 6.79 Å². The lowest BCUT2D eigenvalue weighted by molar-refractivity contribution is 0.174. The second-order valence-corrected chi connectivity index (χ2v) is 6.14. The molecule has 2 aromatic rings. The average Bonchev–Trinajstić information content (AvgIpc) is 3.06. The Labute approximate surface area is 153 Å². The summed E-state index contributed by atoms with van der Waals surface area (Å²) in [5, 5.41) is 9.54. The number of rotatable bonds is 4. The van der Waals surface area contributed by atoms with Crippen LogP contribution in [-0.2, 0) is 0 Å². The van der Waals surface area contributed by atoms with Gasteiger partial charge in [-0.15, -0.1) is 0 Å². The van der Waals surface area contributed by atoms with Crippen LogP contribution in [0.4, 0.5) is 0 Å². The standard InChI is InChI=1S/C18H14INO4/c1-21-17-7-11(6-14(19)18(17)22-2)5-13(9-20)12-3-4-15-16(8-12)24-10-23-15/h3-8H,10H2,1-2H3/b13-5-. The summed E-state index contributed by atoms with van der Waals surface area (Å²) in [6.07, 6.45) is 1.81. The van der Waals surface area contributed by atoms with Crippen LogP contribution < -0.4 is 18.9 Å². The molecule has 122 valence electrons. The highest BCUT2D eigenvalue weighted by Crippen LogP contribution is 2.37. The molecule has 0 atom stereocenters. The number of benzene rings is 2. The van der Waals surface area contributed by atoms with Crippen molar-refractivity contribution in [2.75, 3.05) is 21.0 Å². The van der Waals surface area contributed by atoms with E-state index in [0.29, 0.717) is 28.6 Å². The zero-order valence-corrected chi connectivity index (χ0v) is 15.3. The first-order valence-corrected chi connectivity index (χ1v) is 8.17. The number of hydrogen-bond acceptors (Lipinski definition) is 5. The van der Waals surface area contributed by atoms with Crippen molar-refractivity contribution in [3.05, 3.63) is 45.0 Å². The summed E-state index contributed by atoms with van der Waals surface area (Å²) in [6.45, 7) is 0.207. The number of nitriles is 1. The molecular formula is C18H14INO4. The molecule has 0 N–H and O–H groups in total. The molecule has 0 saturated heterocycles. The predicted molar refractivity (Wildman–Crippen MR) is 98.3 cm³/mol. The van der Waals surface area contributed by atoms with Crippen LogP contribution >= 0.6 is 22.6 Å². The smallest absolute Gasteiger partial charge is 0.231 e. The number of fused-ring (bicyclic) bond motifs is 1. The number of ether oxygens (including phenoxy) is 4. The summed E-state index contributed by atoms with van der Waals surface area (Å²) in [7, 11) is 3.19.